The summed E-state index contributed by atoms with van der Waals surface area (Å²) in [7, 11) is 0. The Morgan fingerprint density at radius 1 is 0.882 bits per heavy atom. The second-order valence-electron chi connectivity index (χ2n) is 6.21. The van der Waals surface area contributed by atoms with Crippen molar-refractivity contribution in [2.45, 2.75) is 70.9 Å². The van der Waals surface area contributed by atoms with E-state index < -0.39 is 0 Å². The Bertz CT molecular complexity index is 251. The molecular weight excluding hydrogens is 212 g/mol. The van der Waals surface area contributed by atoms with Crippen LogP contribution in [0.25, 0.3) is 0 Å². The lowest BCUT2D eigenvalue weighted by atomic mass is 9.80. The molecular formula is C14H26N2O. The smallest absolute Gasteiger partial charge is 0.315 e. The van der Waals surface area contributed by atoms with Crippen molar-refractivity contribution in [3.05, 3.63) is 0 Å². The Morgan fingerprint density at radius 3 is 2.00 bits per heavy atom. The number of nitrogens with one attached hydrogen (secondary N) is 2. The number of hydrogen-bond acceptors (Lipinski definition) is 1. The third-order valence-corrected chi connectivity index (χ3v) is 4.20. The molecule has 2 unspecified atom stereocenters. The maximum atomic E-state index is 11.9. The zero-order valence-corrected chi connectivity index (χ0v) is 11.2. The molecule has 17 heavy (non-hydrogen) atoms. The van der Waals surface area contributed by atoms with Crippen LogP contribution in [0.5, 0.6) is 0 Å². The van der Waals surface area contributed by atoms with Crippen molar-refractivity contribution in [2.24, 2.45) is 11.8 Å². The molecule has 2 amide bonds. The molecule has 0 aliphatic heterocycles. The lowest BCUT2D eigenvalue weighted by Crippen LogP contribution is -2.47. The van der Waals surface area contributed by atoms with E-state index in [-0.39, 0.29) is 6.03 Å². The van der Waals surface area contributed by atoms with Crippen molar-refractivity contribution in [2.75, 3.05) is 0 Å². The summed E-state index contributed by atoms with van der Waals surface area (Å²) < 4.78 is 0. The maximum absolute atomic E-state index is 11.9. The van der Waals surface area contributed by atoms with Gasteiger partial charge in [0.05, 0.1) is 0 Å². The lowest BCUT2D eigenvalue weighted by Gasteiger charge is -2.32. The molecule has 3 nitrogen and oxygen atoms in total. The molecule has 2 aliphatic rings. The van der Waals surface area contributed by atoms with Gasteiger partial charge >= 0.3 is 6.03 Å². The van der Waals surface area contributed by atoms with Crippen LogP contribution in [0.2, 0.25) is 0 Å². The Hall–Kier alpha value is -0.730. The summed E-state index contributed by atoms with van der Waals surface area (Å²) in [5.41, 5.74) is 0. The second kappa shape index (κ2) is 5.74. The van der Waals surface area contributed by atoms with Crippen LogP contribution in [0.1, 0.15) is 58.8 Å². The molecule has 0 heterocycles. The zero-order chi connectivity index (χ0) is 12.3. The van der Waals surface area contributed by atoms with Gasteiger partial charge in [-0.05, 0) is 43.9 Å². The molecule has 0 spiro atoms. The van der Waals surface area contributed by atoms with Crippen LogP contribution in [0.3, 0.4) is 0 Å². The Balaban J connectivity index is 1.73. The van der Waals surface area contributed by atoms with Gasteiger partial charge in [-0.3, -0.25) is 0 Å². The maximum Gasteiger partial charge on any atom is 0.315 e. The van der Waals surface area contributed by atoms with E-state index in [0.29, 0.717) is 12.1 Å². The molecule has 2 N–H and O–H groups in total. The van der Waals surface area contributed by atoms with Gasteiger partial charge in [-0.25, -0.2) is 4.79 Å². The first-order valence-corrected chi connectivity index (χ1v) is 7.20. The van der Waals surface area contributed by atoms with E-state index in [2.05, 4.69) is 24.5 Å². The molecule has 2 atom stereocenters. The second-order valence-corrected chi connectivity index (χ2v) is 6.21. The molecule has 0 bridgehead atoms. The Morgan fingerprint density at radius 2 is 1.41 bits per heavy atom. The fourth-order valence-corrected chi connectivity index (χ4v) is 3.55. The number of carbonyl (C=O) groups excluding carboxylic acids is 1. The monoisotopic (exact) mass is 238 g/mol. The summed E-state index contributed by atoms with van der Waals surface area (Å²) in [5.74, 6) is 1.49. The number of urea groups is 1. The minimum absolute atomic E-state index is 0.0585. The van der Waals surface area contributed by atoms with Gasteiger partial charge in [0.25, 0.3) is 0 Å². The summed E-state index contributed by atoms with van der Waals surface area (Å²) in [6.07, 6.45) is 8.44. The van der Waals surface area contributed by atoms with Crippen LogP contribution in [0, 0.1) is 11.8 Å². The highest BCUT2D eigenvalue weighted by Gasteiger charge is 2.26. The molecule has 0 radical (unpaired) electrons. The van der Waals surface area contributed by atoms with Crippen LogP contribution >= 0.6 is 0 Å². The van der Waals surface area contributed by atoms with Crippen LogP contribution < -0.4 is 10.6 Å². The molecule has 0 saturated heterocycles. The highest BCUT2D eigenvalue weighted by atomic mass is 16.2. The van der Waals surface area contributed by atoms with Crippen LogP contribution in [0.4, 0.5) is 4.79 Å². The molecule has 98 valence electrons. The van der Waals surface area contributed by atoms with E-state index >= 15 is 0 Å². The number of rotatable bonds is 2. The van der Waals surface area contributed by atoms with E-state index in [4.69, 9.17) is 0 Å². The molecule has 0 aromatic carbocycles. The summed E-state index contributed by atoms with van der Waals surface area (Å²) in [5, 5.41) is 6.26. The van der Waals surface area contributed by atoms with Gasteiger partial charge in [0.2, 0.25) is 0 Å². The molecule has 2 aliphatic carbocycles. The Labute approximate surface area is 105 Å². The number of hydrogen-bond donors (Lipinski definition) is 2. The normalized spacial score (nSPS) is 34.6. The van der Waals surface area contributed by atoms with Crippen molar-refractivity contribution < 1.29 is 4.79 Å². The van der Waals surface area contributed by atoms with Crippen molar-refractivity contribution >= 4 is 6.03 Å². The average molecular weight is 238 g/mol. The third-order valence-electron chi connectivity index (χ3n) is 4.20. The highest BCUT2D eigenvalue weighted by Crippen LogP contribution is 2.28. The summed E-state index contributed by atoms with van der Waals surface area (Å²) in [4.78, 5) is 11.9. The first-order chi connectivity index (χ1) is 8.13. The predicted octanol–water partition coefficient (Wildman–Crippen LogP) is 3.05. The van der Waals surface area contributed by atoms with Gasteiger partial charge in [-0.2, -0.15) is 0 Å². The van der Waals surface area contributed by atoms with Crippen molar-refractivity contribution in [3.63, 3.8) is 0 Å². The summed E-state index contributed by atoms with van der Waals surface area (Å²) in [6, 6.07) is 0.867. The van der Waals surface area contributed by atoms with E-state index in [1.54, 1.807) is 0 Å². The number of carbonyl (C=O) groups is 1. The van der Waals surface area contributed by atoms with Gasteiger partial charge in [-0.15, -0.1) is 0 Å². The van der Waals surface area contributed by atoms with Gasteiger partial charge in [0, 0.05) is 12.1 Å². The van der Waals surface area contributed by atoms with Gasteiger partial charge in [0.1, 0.15) is 0 Å². The average Bonchev–Trinajstić information content (AvgIpc) is 2.67. The van der Waals surface area contributed by atoms with Gasteiger partial charge in [-0.1, -0.05) is 26.7 Å². The fourth-order valence-electron chi connectivity index (χ4n) is 3.55. The topological polar surface area (TPSA) is 41.1 Å². The Kier molecular flexibility index (Phi) is 4.30. The quantitative estimate of drug-likeness (QED) is 0.762. The fraction of sp³-hybridized carbons (Fsp3) is 0.929. The zero-order valence-electron chi connectivity index (χ0n) is 11.2. The predicted molar refractivity (Wildman–Crippen MR) is 69.9 cm³/mol. The van der Waals surface area contributed by atoms with E-state index in [9.17, 15) is 4.79 Å². The first kappa shape index (κ1) is 12.7. The van der Waals surface area contributed by atoms with Crippen LogP contribution in [-0.4, -0.2) is 18.1 Å². The standard InChI is InChI=1S/C14H26N2O/c1-10-7-11(2)9-13(8-10)16-14(17)15-12-5-3-4-6-12/h10-13H,3-9H2,1-2H3,(H2,15,16,17). The van der Waals surface area contributed by atoms with Gasteiger partial charge in [0.15, 0.2) is 0 Å². The molecule has 2 fully saturated rings. The third kappa shape index (κ3) is 3.90. The van der Waals surface area contributed by atoms with Crippen molar-refractivity contribution in [3.8, 4) is 0 Å². The van der Waals surface area contributed by atoms with Crippen molar-refractivity contribution in [1.29, 1.82) is 0 Å². The van der Waals surface area contributed by atoms with E-state index in [1.807, 2.05) is 0 Å². The minimum atomic E-state index is 0.0585. The van der Waals surface area contributed by atoms with E-state index in [0.717, 1.165) is 37.5 Å². The minimum Gasteiger partial charge on any atom is -0.335 e. The molecule has 0 aromatic heterocycles. The lowest BCUT2D eigenvalue weighted by molar-refractivity contribution is 0.210. The molecule has 3 heteroatoms. The largest absolute Gasteiger partial charge is 0.335 e. The van der Waals surface area contributed by atoms with E-state index in [1.165, 1.54) is 19.3 Å². The molecule has 0 aromatic rings. The SMILES string of the molecule is CC1CC(C)CC(NC(=O)NC2CCCC2)C1. The van der Waals surface area contributed by atoms with Gasteiger partial charge < -0.3 is 10.6 Å². The van der Waals surface area contributed by atoms with Crippen molar-refractivity contribution in [1.82, 2.24) is 10.6 Å². The summed E-state index contributed by atoms with van der Waals surface area (Å²) in [6.45, 7) is 4.58. The van der Waals surface area contributed by atoms with Crippen LogP contribution in [0.15, 0.2) is 0 Å². The molecule has 2 rings (SSSR count). The first-order valence-electron chi connectivity index (χ1n) is 7.20. The van der Waals surface area contributed by atoms with Crippen LogP contribution in [-0.2, 0) is 0 Å². The highest BCUT2D eigenvalue weighted by molar-refractivity contribution is 5.74. The summed E-state index contributed by atoms with van der Waals surface area (Å²) >= 11 is 0. The molecule has 2 saturated carbocycles. The number of amides is 2.